The minimum absolute atomic E-state index is 0.300. The lowest BCUT2D eigenvalue weighted by Crippen LogP contribution is -2.43. The molecule has 0 radical (unpaired) electrons. The summed E-state index contributed by atoms with van der Waals surface area (Å²) >= 11 is 0. The number of primary amides is 1. The van der Waals surface area contributed by atoms with E-state index in [9.17, 15) is 22.8 Å². The molecule has 0 saturated carbocycles. The van der Waals surface area contributed by atoms with Crippen LogP contribution in [0.15, 0.2) is 34.9 Å². The summed E-state index contributed by atoms with van der Waals surface area (Å²) in [6.07, 6.45) is -4.07. The van der Waals surface area contributed by atoms with E-state index in [1.54, 1.807) is 31.2 Å². The average Bonchev–Trinajstić information content (AvgIpc) is 3.03. The van der Waals surface area contributed by atoms with Gasteiger partial charge in [0.2, 0.25) is 11.8 Å². The Hall–Kier alpha value is -3.04. The van der Waals surface area contributed by atoms with Crippen LogP contribution in [0, 0.1) is 0 Å². The van der Waals surface area contributed by atoms with Crippen LogP contribution in [0.25, 0.3) is 0 Å². The van der Waals surface area contributed by atoms with E-state index < -0.39 is 29.7 Å². The maximum absolute atomic E-state index is 12.5. The number of halogens is 3. The summed E-state index contributed by atoms with van der Waals surface area (Å²) in [4.78, 5) is 26.4. The summed E-state index contributed by atoms with van der Waals surface area (Å²) in [5, 5.41) is 5.09. The molecule has 2 aromatic rings. The van der Waals surface area contributed by atoms with Crippen LogP contribution < -0.4 is 16.4 Å². The van der Waals surface area contributed by atoms with E-state index >= 15 is 0 Å². The fourth-order valence-electron chi connectivity index (χ4n) is 2.00. The highest BCUT2D eigenvalue weighted by atomic mass is 19.4. The molecule has 140 valence electrons. The fraction of sp³-hybridized carbons (Fsp3) is 0.312. The molecule has 2 amide bonds. The Morgan fingerprint density at radius 2 is 1.81 bits per heavy atom. The highest BCUT2D eigenvalue weighted by molar-refractivity contribution is 5.89. The number of nitrogens with two attached hydrogens (primary N) is 1. The molecule has 1 heterocycles. The Morgan fingerprint density at radius 1 is 1.19 bits per heavy atom. The maximum Gasteiger partial charge on any atom is 0.436 e. The van der Waals surface area contributed by atoms with Gasteiger partial charge in [0, 0.05) is 5.69 Å². The van der Waals surface area contributed by atoms with E-state index in [4.69, 9.17) is 10.2 Å². The molecule has 2 unspecified atom stereocenters. The first-order chi connectivity index (χ1) is 12.1. The largest absolute Gasteiger partial charge is 0.436 e. The van der Waals surface area contributed by atoms with Crippen molar-refractivity contribution in [1.29, 1.82) is 0 Å². The zero-order valence-electron chi connectivity index (χ0n) is 13.9. The molecule has 1 aromatic heterocycles. The van der Waals surface area contributed by atoms with Crippen molar-refractivity contribution in [3.8, 4) is 0 Å². The number of amides is 2. The number of rotatable bonds is 6. The van der Waals surface area contributed by atoms with Gasteiger partial charge in [-0.2, -0.15) is 18.2 Å². The first-order valence-electron chi connectivity index (χ1n) is 7.57. The van der Waals surface area contributed by atoms with E-state index in [0.717, 1.165) is 0 Å². The zero-order chi connectivity index (χ0) is 19.5. The summed E-state index contributed by atoms with van der Waals surface area (Å²) in [5.74, 6) is -1.57. The molecule has 0 spiro atoms. The Morgan fingerprint density at radius 3 is 2.31 bits per heavy atom. The number of carbonyl (C=O) groups excluding carboxylic acids is 2. The maximum atomic E-state index is 12.5. The Labute approximate surface area is 146 Å². The number of aromatic nitrogens is 1. The fourth-order valence-corrected chi connectivity index (χ4v) is 2.00. The lowest BCUT2D eigenvalue weighted by Gasteiger charge is -2.16. The van der Waals surface area contributed by atoms with Crippen LogP contribution in [-0.4, -0.2) is 22.8 Å². The summed E-state index contributed by atoms with van der Waals surface area (Å²) in [6, 6.07) is 5.27. The van der Waals surface area contributed by atoms with E-state index in [1.807, 2.05) is 0 Å². The third-order valence-electron chi connectivity index (χ3n) is 3.64. The van der Waals surface area contributed by atoms with Crippen molar-refractivity contribution >= 4 is 23.5 Å². The number of oxazole rings is 1. The molecule has 0 aliphatic rings. The molecule has 2 rings (SSSR count). The highest BCUT2D eigenvalue weighted by Crippen LogP contribution is 2.30. The molecule has 2 atom stereocenters. The van der Waals surface area contributed by atoms with Crippen LogP contribution >= 0.6 is 0 Å². The van der Waals surface area contributed by atoms with Gasteiger partial charge in [-0.25, -0.2) is 0 Å². The van der Waals surface area contributed by atoms with Crippen LogP contribution in [0.2, 0.25) is 0 Å². The molecule has 0 fully saturated rings. The van der Waals surface area contributed by atoms with Crippen molar-refractivity contribution in [1.82, 2.24) is 10.3 Å². The molecule has 1 aromatic carbocycles. The van der Waals surface area contributed by atoms with Crippen LogP contribution in [0.4, 0.5) is 24.9 Å². The van der Waals surface area contributed by atoms with Crippen molar-refractivity contribution in [3.63, 3.8) is 0 Å². The lowest BCUT2D eigenvalue weighted by atomic mass is 9.99. The summed E-state index contributed by atoms with van der Waals surface area (Å²) < 4.78 is 42.2. The lowest BCUT2D eigenvalue weighted by molar-refractivity contribution is -0.141. The molecule has 26 heavy (non-hydrogen) atoms. The molecule has 0 saturated heterocycles. The van der Waals surface area contributed by atoms with Gasteiger partial charge in [-0.3, -0.25) is 9.59 Å². The third-order valence-corrected chi connectivity index (χ3v) is 3.64. The minimum Gasteiger partial charge on any atom is -0.431 e. The molecule has 10 heteroatoms. The highest BCUT2D eigenvalue weighted by Gasteiger charge is 2.34. The molecule has 0 bridgehead atoms. The van der Waals surface area contributed by atoms with Gasteiger partial charge in [0.05, 0.1) is 5.92 Å². The smallest absolute Gasteiger partial charge is 0.431 e. The first-order valence-corrected chi connectivity index (χ1v) is 7.57. The van der Waals surface area contributed by atoms with Gasteiger partial charge in [-0.15, -0.1) is 0 Å². The van der Waals surface area contributed by atoms with E-state index in [0.29, 0.717) is 17.5 Å². The van der Waals surface area contributed by atoms with Gasteiger partial charge >= 0.3 is 6.18 Å². The Bertz CT molecular complexity index is 787. The van der Waals surface area contributed by atoms with Gasteiger partial charge in [-0.05, 0) is 31.5 Å². The topological polar surface area (TPSA) is 110 Å². The number of hydrogen-bond donors (Lipinski definition) is 3. The quantitative estimate of drug-likeness (QED) is 0.724. The monoisotopic (exact) mass is 370 g/mol. The third kappa shape index (κ3) is 4.74. The number of nitrogens with zero attached hydrogens (tertiary/aromatic N) is 1. The van der Waals surface area contributed by atoms with E-state index in [2.05, 4.69) is 15.6 Å². The summed E-state index contributed by atoms with van der Waals surface area (Å²) in [7, 11) is 0. The van der Waals surface area contributed by atoms with E-state index in [-0.39, 0.29) is 11.9 Å². The van der Waals surface area contributed by atoms with Crippen LogP contribution in [0.1, 0.15) is 31.0 Å². The van der Waals surface area contributed by atoms with Crippen molar-refractivity contribution in [2.75, 3.05) is 5.32 Å². The SMILES string of the molecule is CC(NC(=O)C(C)c1ccc(Nc2nc(C(F)(F)F)co2)cc1)C(N)=O. The first kappa shape index (κ1) is 19.3. The second kappa shape index (κ2) is 7.46. The van der Waals surface area contributed by atoms with Gasteiger partial charge < -0.3 is 20.8 Å². The van der Waals surface area contributed by atoms with Gasteiger partial charge in [-0.1, -0.05) is 12.1 Å². The van der Waals surface area contributed by atoms with Crippen molar-refractivity contribution in [3.05, 3.63) is 41.8 Å². The van der Waals surface area contributed by atoms with Crippen LogP contribution in [0.5, 0.6) is 0 Å². The van der Waals surface area contributed by atoms with Gasteiger partial charge in [0.15, 0.2) is 5.69 Å². The second-order valence-electron chi connectivity index (χ2n) is 5.64. The average molecular weight is 370 g/mol. The Kier molecular flexibility index (Phi) is 5.53. The molecule has 7 nitrogen and oxygen atoms in total. The number of carbonyl (C=O) groups is 2. The normalized spacial score (nSPS) is 13.7. The standard InChI is InChI=1S/C16H17F3N4O3/c1-8(14(25)21-9(2)13(20)24)10-3-5-11(6-4-10)22-15-23-12(7-26-15)16(17,18)19/h3-9H,1-2H3,(H2,20,24)(H,21,25)(H,22,23). The number of anilines is 2. The van der Waals surface area contributed by atoms with E-state index in [1.165, 1.54) is 6.92 Å². The Balaban J connectivity index is 2.02. The second-order valence-corrected chi connectivity index (χ2v) is 5.64. The van der Waals surface area contributed by atoms with Crippen molar-refractivity contribution in [2.24, 2.45) is 5.73 Å². The number of alkyl halides is 3. The van der Waals surface area contributed by atoms with Gasteiger partial charge in [0.25, 0.3) is 6.01 Å². The number of nitrogens with one attached hydrogen (secondary N) is 2. The van der Waals surface area contributed by atoms with Crippen molar-refractivity contribution < 1.29 is 27.2 Å². The molecular formula is C16H17F3N4O3. The number of benzene rings is 1. The summed E-state index contributed by atoms with van der Waals surface area (Å²) in [6.45, 7) is 3.13. The molecule has 0 aliphatic heterocycles. The number of hydrogen-bond acceptors (Lipinski definition) is 5. The van der Waals surface area contributed by atoms with Crippen LogP contribution in [-0.2, 0) is 15.8 Å². The molecular weight excluding hydrogens is 353 g/mol. The molecule has 0 aliphatic carbocycles. The predicted molar refractivity (Wildman–Crippen MR) is 86.4 cm³/mol. The predicted octanol–water partition coefficient (Wildman–Crippen LogP) is 2.53. The van der Waals surface area contributed by atoms with Gasteiger partial charge in [0.1, 0.15) is 12.3 Å². The van der Waals surface area contributed by atoms with Crippen LogP contribution in [0.3, 0.4) is 0 Å². The zero-order valence-corrected chi connectivity index (χ0v) is 13.9. The summed E-state index contributed by atoms with van der Waals surface area (Å²) in [5.41, 5.74) is 5.04. The van der Waals surface area contributed by atoms with Crippen molar-refractivity contribution in [2.45, 2.75) is 32.0 Å². The minimum atomic E-state index is -4.59. The molecule has 4 N–H and O–H groups in total.